The molecule has 3 atom stereocenters. The number of ether oxygens (including phenoxy) is 1. The second-order valence-corrected chi connectivity index (χ2v) is 12.4. The van der Waals surface area contributed by atoms with Gasteiger partial charge in [-0.1, -0.05) is 54.6 Å². The first-order valence-electron chi connectivity index (χ1n) is 13.7. The Hall–Kier alpha value is -2.67. The number of benzene rings is 3. The molecule has 1 N–H and O–H groups in total. The second kappa shape index (κ2) is 10.1. The minimum Gasteiger partial charge on any atom is -0.490 e. The fourth-order valence-corrected chi connectivity index (χ4v) is 7.54. The molecule has 0 amide bonds. The first-order chi connectivity index (χ1) is 19.0. The lowest BCUT2D eigenvalue weighted by atomic mass is 9.90. The highest BCUT2D eigenvalue weighted by Crippen LogP contribution is 2.72. The average molecular weight is 561 g/mol. The molecule has 2 heterocycles. The summed E-state index contributed by atoms with van der Waals surface area (Å²) in [6.45, 7) is 4.44. The summed E-state index contributed by atoms with van der Waals surface area (Å²) in [6, 6.07) is 27.3. The van der Waals surface area contributed by atoms with Crippen molar-refractivity contribution < 1.29 is 9.84 Å². The highest BCUT2D eigenvalue weighted by atomic mass is 35.5. The zero-order valence-electron chi connectivity index (χ0n) is 21.6. The maximum Gasteiger partial charge on any atom is 0.133 e. The van der Waals surface area contributed by atoms with Gasteiger partial charge in [-0.05, 0) is 46.5 Å². The Morgan fingerprint density at radius 3 is 2.13 bits per heavy atom. The molecule has 1 aliphatic heterocycles. The number of fused-ring (bicyclic) bond motifs is 6. The molecule has 200 valence electrons. The Morgan fingerprint density at radius 1 is 0.821 bits per heavy atom. The zero-order valence-corrected chi connectivity index (χ0v) is 23.1. The van der Waals surface area contributed by atoms with Crippen LogP contribution in [0.15, 0.2) is 85.1 Å². The van der Waals surface area contributed by atoms with Crippen molar-refractivity contribution in [3.05, 3.63) is 107 Å². The van der Waals surface area contributed by atoms with Crippen molar-refractivity contribution in [2.75, 3.05) is 39.3 Å². The number of rotatable bonds is 6. The van der Waals surface area contributed by atoms with E-state index in [2.05, 4.69) is 63.3 Å². The summed E-state index contributed by atoms with van der Waals surface area (Å²) in [5.74, 6) is 1.00. The van der Waals surface area contributed by atoms with Crippen molar-refractivity contribution in [1.82, 2.24) is 14.8 Å². The van der Waals surface area contributed by atoms with Gasteiger partial charge < -0.3 is 9.84 Å². The summed E-state index contributed by atoms with van der Waals surface area (Å²) in [4.78, 5) is 9.30. The van der Waals surface area contributed by atoms with Gasteiger partial charge >= 0.3 is 0 Å². The maximum absolute atomic E-state index is 10.8. The van der Waals surface area contributed by atoms with E-state index in [4.69, 9.17) is 27.9 Å². The topological polar surface area (TPSA) is 48.8 Å². The largest absolute Gasteiger partial charge is 0.490 e. The molecule has 1 aromatic heterocycles. The number of halogens is 2. The summed E-state index contributed by atoms with van der Waals surface area (Å²) < 4.78 is 5.26. The van der Waals surface area contributed by atoms with Gasteiger partial charge in [0.25, 0.3) is 0 Å². The molecule has 2 aliphatic carbocycles. The molecule has 7 rings (SSSR count). The summed E-state index contributed by atoms with van der Waals surface area (Å²) >= 11 is 13.7. The molecule has 3 unspecified atom stereocenters. The Labute approximate surface area is 238 Å². The van der Waals surface area contributed by atoms with Crippen LogP contribution in [0.5, 0.6) is 5.75 Å². The Bertz CT molecular complexity index is 1440. The molecular weight excluding hydrogens is 529 g/mol. The van der Waals surface area contributed by atoms with Crippen molar-refractivity contribution in [3.8, 4) is 5.75 Å². The predicted molar refractivity (Wildman–Crippen MR) is 156 cm³/mol. The van der Waals surface area contributed by atoms with Crippen molar-refractivity contribution in [2.24, 2.45) is 0 Å². The quantitative estimate of drug-likeness (QED) is 0.305. The van der Waals surface area contributed by atoms with Crippen LogP contribution in [-0.2, 0) is 0 Å². The molecule has 4 aromatic rings. The van der Waals surface area contributed by atoms with E-state index in [0.29, 0.717) is 6.54 Å². The lowest BCUT2D eigenvalue weighted by Gasteiger charge is -2.41. The molecule has 5 nitrogen and oxygen atoms in total. The van der Waals surface area contributed by atoms with Gasteiger partial charge in [0, 0.05) is 56.1 Å². The van der Waals surface area contributed by atoms with E-state index in [1.54, 1.807) is 6.20 Å². The van der Waals surface area contributed by atoms with Gasteiger partial charge in [0.2, 0.25) is 0 Å². The fourth-order valence-electron chi connectivity index (χ4n) is 6.69. The van der Waals surface area contributed by atoms with E-state index in [-0.39, 0.29) is 24.5 Å². The fraction of sp³-hybridized carbons (Fsp3) is 0.344. The lowest BCUT2D eigenvalue weighted by molar-refractivity contribution is 0.0403. The number of aliphatic hydroxyl groups excluding tert-OH is 1. The highest BCUT2D eigenvalue weighted by Gasteiger charge is 2.66. The van der Waals surface area contributed by atoms with Crippen LogP contribution in [0.25, 0.3) is 10.9 Å². The molecule has 0 radical (unpaired) electrons. The molecular formula is C32H31Cl2N3O2. The van der Waals surface area contributed by atoms with E-state index in [1.807, 2.05) is 30.3 Å². The number of aliphatic hydroxyl groups is 1. The van der Waals surface area contributed by atoms with E-state index >= 15 is 0 Å². The molecule has 39 heavy (non-hydrogen) atoms. The highest BCUT2D eigenvalue weighted by molar-refractivity contribution is 6.52. The van der Waals surface area contributed by atoms with Crippen molar-refractivity contribution in [3.63, 3.8) is 0 Å². The van der Waals surface area contributed by atoms with Crippen LogP contribution in [0, 0.1) is 0 Å². The number of piperazine rings is 1. The number of hydrogen-bond acceptors (Lipinski definition) is 5. The number of aromatic nitrogens is 1. The number of nitrogens with zero attached hydrogens (tertiary/aromatic N) is 3. The summed E-state index contributed by atoms with van der Waals surface area (Å²) in [5.41, 5.74) is 6.06. The standard InChI is InChI=1S/C32H31Cl2N3O2/c33-32(34)29-22-7-1-3-9-24(22)31(25-10-4-2-8-23(25)30(29)32)37-17-15-36(16-18-37)19-21(38)20-39-28-13-5-12-27-26(28)11-6-14-35-27/h1-14,21,29-31,38H,15-20H2. The number of hydrogen-bond donors (Lipinski definition) is 1. The minimum atomic E-state index is -0.753. The van der Waals surface area contributed by atoms with Crippen LogP contribution in [0.2, 0.25) is 0 Å². The van der Waals surface area contributed by atoms with Crippen LogP contribution < -0.4 is 4.74 Å². The van der Waals surface area contributed by atoms with Gasteiger partial charge in [-0.25, -0.2) is 0 Å². The smallest absolute Gasteiger partial charge is 0.133 e. The minimum absolute atomic E-state index is 0.122. The second-order valence-electron chi connectivity index (χ2n) is 10.9. The Kier molecular flexibility index (Phi) is 6.53. The SMILES string of the molecule is OC(COc1cccc2ncccc12)CN1CCN(C2c3ccccc3C3C(c4ccccc42)C3(Cl)Cl)CC1. The average Bonchev–Trinajstić information content (AvgIpc) is 3.58. The molecule has 7 heteroatoms. The number of alkyl halides is 2. The van der Waals surface area contributed by atoms with Crippen LogP contribution in [0.4, 0.5) is 0 Å². The normalized spacial score (nSPS) is 24.7. The summed E-state index contributed by atoms with van der Waals surface area (Å²) in [7, 11) is 0. The van der Waals surface area contributed by atoms with E-state index in [0.717, 1.165) is 42.8 Å². The van der Waals surface area contributed by atoms with E-state index in [9.17, 15) is 5.11 Å². The van der Waals surface area contributed by atoms with Gasteiger partial charge in [-0.2, -0.15) is 0 Å². The van der Waals surface area contributed by atoms with Crippen molar-refractivity contribution in [2.45, 2.75) is 28.3 Å². The van der Waals surface area contributed by atoms with E-state index < -0.39 is 10.4 Å². The first-order valence-corrected chi connectivity index (χ1v) is 14.4. The van der Waals surface area contributed by atoms with Crippen LogP contribution in [0.1, 0.15) is 40.1 Å². The third kappa shape index (κ3) is 4.51. The van der Waals surface area contributed by atoms with Gasteiger partial charge in [-0.3, -0.25) is 14.8 Å². The first kappa shape index (κ1) is 25.3. The Morgan fingerprint density at radius 2 is 1.46 bits per heavy atom. The van der Waals surface area contributed by atoms with Gasteiger partial charge in [0.05, 0.1) is 11.6 Å². The third-order valence-corrected chi connectivity index (χ3v) is 9.52. The molecule has 3 aliphatic rings. The van der Waals surface area contributed by atoms with Gasteiger partial charge in [0.15, 0.2) is 0 Å². The third-order valence-electron chi connectivity index (χ3n) is 8.58. The van der Waals surface area contributed by atoms with Crippen LogP contribution >= 0.6 is 23.2 Å². The van der Waals surface area contributed by atoms with Crippen LogP contribution in [-0.4, -0.2) is 69.7 Å². The van der Waals surface area contributed by atoms with Gasteiger partial charge in [-0.15, -0.1) is 23.2 Å². The summed E-state index contributed by atoms with van der Waals surface area (Å²) in [5, 5.41) is 11.8. The lowest BCUT2D eigenvalue weighted by Crippen LogP contribution is -2.50. The zero-order chi connectivity index (χ0) is 26.6. The molecule has 2 fully saturated rings. The van der Waals surface area contributed by atoms with Crippen molar-refractivity contribution in [1.29, 1.82) is 0 Å². The van der Waals surface area contributed by atoms with Crippen LogP contribution in [0.3, 0.4) is 0 Å². The molecule has 3 aromatic carbocycles. The number of pyridine rings is 1. The Balaban J connectivity index is 1.04. The van der Waals surface area contributed by atoms with Crippen molar-refractivity contribution >= 4 is 34.1 Å². The van der Waals surface area contributed by atoms with E-state index in [1.165, 1.54) is 22.3 Å². The number of β-amino-alcohol motifs (C(OH)–C–C–N with tert-alkyl or cyclic N) is 1. The molecule has 1 saturated heterocycles. The van der Waals surface area contributed by atoms with Gasteiger partial charge in [0.1, 0.15) is 22.8 Å². The maximum atomic E-state index is 10.8. The predicted octanol–water partition coefficient (Wildman–Crippen LogP) is 5.75. The monoisotopic (exact) mass is 559 g/mol. The molecule has 0 spiro atoms. The molecule has 1 saturated carbocycles. The molecule has 0 bridgehead atoms. The summed E-state index contributed by atoms with van der Waals surface area (Å²) in [6.07, 6.45) is 1.20.